The molecule has 1 unspecified atom stereocenters. The zero-order chi connectivity index (χ0) is 25.7. The van der Waals surface area contributed by atoms with Crippen LogP contribution in [0.4, 0.5) is 0 Å². The van der Waals surface area contributed by atoms with Crippen LogP contribution >= 0.6 is 25.6 Å². The summed E-state index contributed by atoms with van der Waals surface area (Å²) in [5.74, 6) is -0.238. The van der Waals surface area contributed by atoms with Crippen LogP contribution in [0.5, 0.6) is 0 Å². The Hall–Kier alpha value is -3.29. The molecule has 0 aliphatic heterocycles. The molecule has 0 aliphatic carbocycles. The average Bonchev–Trinajstić information content (AvgIpc) is 3.52. The summed E-state index contributed by atoms with van der Waals surface area (Å²) in [4.78, 5) is 14.8. The molecule has 1 atom stereocenters. The molecule has 5 rings (SSSR count). The lowest BCUT2D eigenvalue weighted by Gasteiger charge is -2.31. The number of rotatable bonds is 9. The molecule has 0 amide bonds. The Bertz CT molecular complexity index is 1470. The molecule has 0 radical (unpaired) electrons. The highest BCUT2D eigenvalue weighted by Gasteiger charge is 2.46. The molecule has 0 saturated heterocycles. The Labute approximate surface area is 221 Å². The first-order valence-corrected chi connectivity index (χ1v) is 16.6. The van der Waals surface area contributed by atoms with E-state index in [0.717, 1.165) is 0 Å². The van der Waals surface area contributed by atoms with E-state index in [4.69, 9.17) is 0 Å². The van der Waals surface area contributed by atoms with Gasteiger partial charge in [-0.2, -0.15) is 0 Å². The molecule has 0 spiro atoms. The zero-order valence-corrected chi connectivity index (χ0v) is 22.7. The molecule has 6 heteroatoms. The van der Waals surface area contributed by atoms with Crippen LogP contribution in [0.15, 0.2) is 139 Å². The SMILES string of the molecule is O=C(c1cccs1)C(CP(=O)(c1ccccc1)c1ccccc1)P(=O)(c1ccccc1)c1ccccc1. The summed E-state index contributed by atoms with van der Waals surface area (Å²) in [5, 5.41) is 4.32. The third-order valence-corrected chi connectivity index (χ3v) is 14.3. The minimum atomic E-state index is -3.58. The number of ketones is 1. The van der Waals surface area contributed by atoms with E-state index in [1.807, 2.05) is 133 Å². The molecule has 5 aromatic rings. The van der Waals surface area contributed by atoms with Gasteiger partial charge < -0.3 is 9.13 Å². The predicted octanol–water partition coefficient (Wildman–Crippen LogP) is 6.33. The van der Waals surface area contributed by atoms with Gasteiger partial charge in [0.05, 0.1) is 10.5 Å². The summed E-state index contributed by atoms with van der Waals surface area (Å²) >= 11 is 1.32. The van der Waals surface area contributed by atoms with Gasteiger partial charge in [-0.3, -0.25) is 4.79 Å². The van der Waals surface area contributed by atoms with Crippen molar-refractivity contribution in [3.63, 3.8) is 0 Å². The second kappa shape index (κ2) is 11.0. The molecular weight excluding hydrogens is 514 g/mol. The van der Waals surface area contributed by atoms with E-state index in [-0.39, 0.29) is 11.9 Å². The lowest BCUT2D eigenvalue weighted by molar-refractivity contribution is 0.0996. The van der Waals surface area contributed by atoms with Crippen molar-refractivity contribution in [3.8, 4) is 0 Å². The maximum absolute atomic E-state index is 15.5. The average molecular weight is 541 g/mol. The van der Waals surface area contributed by atoms with Crippen LogP contribution in [0.1, 0.15) is 9.67 Å². The first-order chi connectivity index (χ1) is 18.0. The summed E-state index contributed by atoms with van der Waals surface area (Å²) in [7, 11) is -6.95. The van der Waals surface area contributed by atoms with Gasteiger partial charge in [0.1, 0.15) is 7.14 Å². The van der Waals surface area contributed by atoms with Crippen molar-refractivity contribution in [3.05, 3.63) is 144 Å². The Balaban J connectivity index is 1.77. The van der Waals surface area contributed by atoms with Crippen molar-refractivity contribution in [2.75, 3.05) is 6.16 Å². The van der Waals surface area contributed by atoms with Gasteiger partial charge in [0, 0.05) is 27.4 Å². The molecule has 0 N–H and O–H groups in total. The zero-order valence-electron chi connectivity index (χ0n) is 20.1. The van der Waals surface area contributed by atoms with E-state index in [1.165, 1.54) is 11.3 Å². The normalized spacial score (nSPS) is 12.6. The molecule has 37 heavy (non-hydrogen) atoms. The van der Waals surface area contributed by atoms with Crippen molar-refractivity contribution in [2.45, 2.75) is 5.66 Å². The van der Waals surface area contributed by atoms with Crippen molar-refractivity contribution in [2.24, 2.45) is 0 Å². The van der Waals surface area contributed by atoms with E-state index < -0.39 is 19.9 Å². The molecule has 3 nitrogen and oxygen atoms in total. The van der Waals surface area contributed by atoms with Crippen LogP contribution < -0.4 is 21.2 Å². The molecule has 4 aromatic carbocycles. The van der Waals surface area contributed by atoms with Crippen LogP contribution in [-0.4, -0.2) is 17.6 Å². The van der Waals surface area contributed by atoms with Gasteiger partial charge in [0.15, 0.2) is 12.9 Å². The molecule has 184 valence electrons. The van der Waals surface area contributed by atoms with Gasteiger partial charge in [-0.15, -0.1) is 11.3 Å². The number of benzene rings is 4. The van der Waals surface area contributed by atoms with Gasteiger partial charge in [0.25, 0.3) is 0 Å². The summed E-state index contributed by atoms with van der Waals surface area (Å²) in [6, 6.07) is 40.5. The van der Waals surface area contributed by atoms with E-state index in [2.05, 4.69) is 0 Å². The smallest absolute Gasteiger partial charge is 0.184 e. The topological polar surface area (TPSA) is 51.2 Å². The molecular formula is C31H26O3P2S. The van der Waals surface area contributed by atoms with Crippen LogP contribution in [0.3, 0.4) is 0 Å². The summed E-state index contributed by atoms with van der Waals surface area (Å²) in [6.45, 7) is 0. The number of carbonyl (C=O) groups excluding carboxylic acids is 1. The summed E-state index contributed by atoms with van der Waals surface area (Å²) in [5.41, 5.74) is -1.01. The molecule has 1 aromatic heterocycles. The predicted molar refractivity (Wildman–Crippen MR) is 157 cm³/mol. The second-order valence-electron chi connectivity index (χ2n) is 8.78. The van der Waals surface area contributed by atoms with Crippen molar-refractivity contribution >= 4 is 52.6 Å². The monoisotopic (exact) mass is 540 g/mol. The summed E-state index contributed by atoms with van der Waals surface area (Å²) in [6.07, 6.45) is -0.0428. The van der Waals surface area contributed by atoms with Gasteiger partial charge in [-0.05, 0) is 11.4 Å². The molecule has 1 heterocycles. The molecule has 0 bridgehead atoms. The van der Waals surface area contributed by atoms with E-state index in [0.29, 0.717) is 26.1 Å². The van der Waals surface area contributed by atoms with E-state index in [9.17, 15) is 4.79 Å². The van der Waals surface area contributed by atoms with E-state index in [1.54, 1.807) is 6.07 Å². The first kappa shape index (κ1) is 25.4. The maximum atomic E-state index is 15.5. The fourth-order valence-electron chi connectivity index (χ4n) is 4.69. The highest BCUT2D eigenvalue weighted by molar-refractivity contribution is 7.83. The highest BCUT2D eigenvalue weighted by Crippen LogP contribution is 2.56. The molecule has 0 saturated carbocycles. The third kappa shape index (κ3) is 4.98. The van der Waals surface area contributed by atoms with Crippen LogP contribution in [-0.2, 0) is 9.13 Å². The largest absolute Gasteiger partial charge is 0.314 e. The lowest BCUT2D eigenvalue weighted by atomic mass is 10.2. The summed E-state index contributed by atoms with van der Waals surface area (Å²) < 4.78 is 30.6. The molecule has 0 aliphatic rings. The van der Waals surface area contributed by atoms with Crippen LogP contribution in [0.2, 0.25) is 0 Å². The van der Waals surface area contributed by atoms with Gasteiger partial charge in [0.2, 0.25) is 0 Å². The fourth-order valence-corrected chi connectivity index (χ4v) is 12.5. The quantitative estimate of drug-likeness (QED) is 0.162. The molecule has 0 fully saturated rings. The number of Topliss-reactive ketones (excluding diaryl/α,β-unsaturated/α-hetero) is 1. The lowest BCUT2D eigenvalue weighted by Crippen LogP contribution is -2.37. The Kier molecular flexibility index (Phi) is 7.53. The number of thiophene rings is 1. The Morgan fingerprint density at radius 1 is 0.568 bits per heavy atom. The number of hydrogen-bond donors (Lipinski definition) is 0. The van der Waals surface area contributed by atoms with Crippen molar-refractivity contribution in [1.29, 1.82) is 0 Å². The highest BCUT2D eigenvalue weighted by atomic mass is 32.1. The van der Waals surface area contributed by atoms with Crippen molar-refractivity contribution < 1.29 is 13.9 Å². The standard InChI is InChI=1S/C31H26O3P2S/c32-31(30-22-13-23-37-30)29(36(34,27-18-9-3-10-19-27)28-20-11-4-12-21-28)24-35(33,25-14-5-1-6-15-25)26-16-7-2-8-17-26/h1-23,29H,24H2. The Morgan fingerprint density at radius 3 is 1.35 bits per heavy atom. The first-order valence-electron chi connectivity index (χ1n) is 12.0. The number of carbonyl (C=O) groups is 1. The van der Waals surface area contributed by atoms with Gasteiger partial charge in [-0.1, -0.05) is 127 Å². The number of hydrogen-bond acceptors (Lipinski definition) is 4. The van der Waals surface area contributed by atoms with Crippen LogP contribution in [0, 0.1) is 0 Å². The minimum Gasteiger partial charge on any atom is -0.314 e. The van der Waals surface area contributed by atoms with Crippen molar-refractivity contribution in [1.82, 2.24) is 0 Å². The Morgan fingerprint density at radius 2 is 0.973 bits per heavy atom. The third-order valence-electron chi connectivity index (χ3n) is 6.56. The minimum absolute atomic E-state index is 0.0428. The van der Waals surface area contributed by atoms with Gasteiger partial charge in [-0.25, -0.2) is 0 Å². The fraction of sp³-hybridized carbons (Fsp3) is 0.0645. The van der Waals surface area contributed by atoms with E-state index >= 15 is 9.13 Å². The van der Waals surface area contributed by atoms with Crippen LogP contribution in [0.25, 0.3) is 0 Å². The second-order valence-corrected chi connectivity index (χ2v) is 15.6. The van der Waals surface area contributed by atoms with Gasteiger partial charge >= 0.3 is 0 Å². The maximum Gasteiger partial charge on any atom is 0.184 e.